The highest BCUT2D eigenvalue weighted by Crippen LogP contribution is 2.07. The second-order valence-electron chi connectivity index (χ2n) is 1.76. The largest absolute Gasteiger partial charge is 0.542 e. The lowest BCUT2D eigenvalue weighted by Crippen LogP contribution is -1.78. The van der Waals surface area contributed by atoms with Gasteiger partial charge in [0.05, 0.1) is 7.11 Å². The summed E-state index contributed by atoms with van der Waals surface area (Å²) >= 11 is 9.73. The number of benzene rings is 1. The second kappa shape index (κ2) is 8.58. The molecule has 0 aliphatic carbocycles. The zero-order valence-electron chi connectivity index (χ0n) is 6.51. The van der Waals surface area contributed by atoms with Gasteiger partial charge in [0.25, 0.3) is 0 Å². The number of methoxy groups -OCH3 is 1. The summed E-state index contributed by atoms with van der Waals surface area (Å²) in [5.74, 6) is 0.910. The fourth-order valence-electron chi connectivity index (χ4n) is 0.557. The molecule has 0 amide bonds. The van der Waals surface area contributed by atoms with Crippen molar-refractivity contribution in [3.63, 3.8) is 0 Å². The van der Waals surface area contributed by atoms with Crippen molar-refractivity contribution in [3.05, 3.63) is 30.3 Å². The number of halogens is 3. The van der Waals surface area contributed by atoms with Crippen molar-refractivity contribution in [3.8, 4) is 5.75 Å². The molecule has 0 spiro atoms. The van der Waals surface area contributed by atoms with Crippen molar-refractivity contribution in [2.24, 2.45) is 0 Å². The van der Waals surface area contributed by atoms with Gasteiger partial charge in [0.1, 0.15) is 5.75 Å². The Morgan fingerprint density at radius 3 is 1.75 bits per heavy atom. The third-order valence-electron chi connectivity index (χ3n) is 0.979. The minimum absolute atomic E-state index is 0.701. The first-order valence-corrected chi connectivity index (χ1v) is 12.7. The molecule has 0 saturated carbocycles. The molecule has 0 N–H and O–H groups in total. The quantitative estimate of drug-likeness (QED) is 0.678. The molecular weight excluding hydrogens is 367 g/mol. The Kier molecular flexibility index (Phi) is 9.29. The van der Waals surface area contributed by atoms with Crippen LogP contribution in [0.4, 0.5) is 0 Å². The first kappa shape index (κ1) is 13.0. The van der Waals surface area contributed by atoms with Crippen LogP contribution in [0, 0.1) is 0 Å². The fourth-order valence-corrected chi connectivity index (χ4v) is 0.557. The smallest absolute Gasteiger partial charge is 0.497 e. The first-order chi connectivity index (χ1) is 5.66. The number of hydrogen-bond donors (Lipinski definition) is 0. The standard InChI is InChI=1S/C7H8O.Al.3BrH/c1-8-7-5-3-2-4-6-7;;;;/h2-6H,1H3;;3*1H/q;+3;;;/p-3. The third kappa shape index (κ3) is 9.08. The average Bonchev–Trinajstić information content (AvgIpc) is 2.05. The predicted molar refractivity (Wildman–Crippen MR) is 65.5 cm³/mol. The molecule has 5 heteroatoms. The van der Waals surface area contributed by atoms with Gasteiger partial charge in [0, 0.05) is 0 Å². The molecule has 1 rings (SSSR count). The minimum atomic E-state index is -0.701. The monoisotopic (exact) mass is 372 g/mol. The molecule has 0 bridgehead atoms. The maximum Gasteiger partial charge on any atom is 0.542 e. The summed E-state index contributed by atoms with van der Waals surface area (Å²) in [5.41, 5.74) is 0. The van der Waals surface area contributed by atoms with Gasteiger partial charge in [-0.2, -0.15) is 42.2 Å². The lowest BCUT2D eigenvalue weighted by Gasteiger charge is -1.93. The van der Waals surface area contributed by atoms with Gasteiger partial charge in [-0.15, -0.1) is 0 Å². The molecule has 0 unspecified atom stereocenters. The van der Waals surface area contributed by atoms with E-state index in [1.54, 1.807) is 7.11 Å². The van der Waals surface area contributed by atoms with Crippen LogP contribution >= 0.6 is 42.2 Å². The SMILES string of the molecule is COc1ccccc1.[Br][Al]([Br])[Br]. The van der Waals surface area contributed by atoms with Crippen LogP contribution in [-0.2, 0) is 0 Å². The third-order valence-corrected chi connectivity index (χ3v) is 0.979. The van der Waals surface area contributed by atoms with E-state index in [0.29, 0.717) is 0 Å². The number of rotatable bonds is 1. The molecule has 0 atom stereocenters. The van der Waals surface area contributed by atoms with Crippen molar-refractivity contribution in [2.75, 3.05) is 7.11 Å². The van der Waals surface area contributed by atoms with E-state index >= 15 is 0 Å². The zero-order valence-corrected chi connectivity index (χ0v) is 12.4. The van der Waals surface area contributed by atoms with Gasteiger partial charge in [-0.25, -0.2) is 0 Å². The molecule has 0 radical (unpaired) electrons. The normalized spacial score (nSPS) is 8.00. The summed E-state index contributed by atoms with van der Waals surface area (Å²) in [6, 6.07) is 9.68. The van der Waals surface area contributed by atoms with Crippen LogP contribution in [0.1, 0.15) is 0 Å². The van der Waals surface area contributed by atoms with E-state index in [1.165, 1.54) is 0 Å². The maximum absolute atomic E-state index is 4.91. The number of ether oxygens (including phenoxy) is 1. The highest BCUT2D eigenvalue weighted by molar-refractivity contribution is 9.69. The molecule has 1 nitrogen and oxygen atoms in total. The van der Waals surface area contributed by atoms with E-state index in [2.05, 4.69) is 42.2 Å². The summed E-state index contributed by atoms with van der Waals surface area (Å²) in [6.45, 7) is 0. The van der Waals surface area contributed by atoms with Gasteiger partial charge in [-0.05, 0) is 12.1 Å². The van der Waals surface area contributed by atoms with E-state index < -0.39 is 8.67 Å². The van der Waals surface area contributed by atoms with E-state index in [1.807, 2.05) is 30.3 Å². The highest BCUT2D eigenvalue weighted by Gasteiger charge is 1.95. The molecule has 0 fully saturated rings. The maximum atomic E-state index is 4.91. The average molecular weight is 375 g/mol. The molecule has 1 aromatic rings. The lowest BCUT2D eigenvalue weighted by atomic mass is 10.3. The van der Waals surface area contributed by atoms with Crippen LogP contribution in [0.3, 0.4) is 0 Å². The molecule has 12 heavy (non-hydrogen) atoms. The van der Waals surface area contributed by atoms with Crippen molar-refractivity contribution >= 4 is 50.8 Å². The molecule has 0 aromatic heterocycles. The van der Waals surface area contributed by atoms with Crippen LogP contribution in [0.15, 0.2) is 30.3 Å². The molecule has 1 aromatic carbocycles. The lowest BCUT2D eigenvalue weighted by molar-refractivity contribution is 0.415. The Labute approximate surface area is 97.8 Å². The molecule has 0 saturated heterocycles. The highest BCUT2D eigenvalue weighted by atomic mass is 80.0. The Bertz CT molecular complexity index is 190. The summed E-state index contributed by atoms with van der Waals surface area (Å²) in [7, 11) is 0.961. The van der Waals surface area contributed by atoms with E-state index in [9.17, 15) is 0 Å². The molecule has 0 aliphatic rings. The molecular formula is C7H8AlBr3O. The Morgan fingerprint density at radius 2 is 1.50 bits per heavy atom. The summed E-state index contributed by atoms with van der Waals surface area (Å²) in [4.78, 5) is 0. The van der Waals surface area contributed by atoms with Gasteiger partial charge in [0.2, 0.25) is 0 Å². The number of para-hydroxylation sites is 1. The van der Waals surface area contributed by atoms with Gasteiger partial charge in [-0.1, -0.05) is 18.2 Å². The minimum Gasteiger partial charge on any atom is -0.497 e. The summed E-state index contributed by atoms with van der Waals surface area (Å²) < 4.78 is 4.91. The zero-order chi connectivity index (χ0) is 9.40. The number of hydrogen-bond acceptors (Lipinski definition) is 1. The van der Waals surface area contributed by atoms with Crippen molar-refractivity contribution < 1.29 is 4.74 Å². The van der Waals surface area contributed by atoms with Gasteiger partial charge in [0.15, 0.2) is 0 Å². The predicted octanol–water partition coefficient (Wildman–Crippen LogP) is 3.85. The van der Waals surface area contributed by atoms with E-state index in [0.717, 1.165) is 5.75 Å². The first-order valence-electron chi connectivity index (χ1n) is 3.18. The second-order valence-corrected chi connectivity index (χ2v) is 21.6. The topological polar surface area (TPSA) is 9.23 Å². The van der Waals surface area contributed by atoms with Gasteiger partial charge in [-0.3, -0.25) is 0 Å². The van der Waals surface area contributed by atoms with E-state index in [4.69, 9.17) is 4.74 Å². The van der Waals surface area contributed by atoms with Crippen LogP contribution in [0.5, 0.6) is 5.75 Å². The van der Waals surface area contributed by atoms with Gasteiger partial charge >= 0.3 is 8.67 Å². The fraction of sp³-hybridized carbons (Fsp3) is 0.143. The van der Waals surface area contributed by atoms with Crippen molar-refractivity contribution in [2.45, 2.75) is 0 Å². The summed E-state index contributed by atoms with van der Waals surface area (Å²) in [6.07, 6.45) is 0. The Hall–Kier alpha value is 0.992. The summed E-state index contributed by atoms with van der Waals surface area (Å²) in [5, 5.41) is 0. The Balaban J connectivity index is 0.000000261. The van der Waals surface area contributed by atoms with Crippen LogP contribution in [-0.4, -0.2) is 15.8 Å². The van der Waals surface area contributed by atoms with E-state index in [-0.39, 0.29) is 0 Å². The Morgan fingerprint density at radius 1 is 1.08 bits per heavy atom. The van der Waals surface area contributed by atoms with Crippen molar-refractivity contribution in [1.29, 1.82) is 0 Å². The van der Waals surface area contributed by atoms with Crippen LogP contribution in [0.2, 0.25) is 0 Å². The molecule has 66 valence electrons. The van der Waals surface area contributed by atoms with Crippen LogP contribution in [0.25, 0.3) is 0 Å². The van der Waals surface area contributed by atoms with Crippen molar-refractivity contribution in [1.82, 2.24) is 0 Å². The molecule has 0 aliphatic heterocycles. The molecule has 0 heterocycles. The van der Waals surface area contributed by atoms with Gasteiger partial charge < -0.3 is 4.74 Å². The van der Waals surface area contributed by atoms with Crippen LogP contribution < -0.4 is 4.74 Å².